The Morgan fingerprint density at radius 1 is 0.655 bits per heavy atom. The molecule has 1 heterocycles. The van der Waals surface area contributed by atoms with Crippen LogP contribution in [0.2, 0.25) is 0 Å². The molecule has 3 aromatic carbocycles. The highest BCUT2D eigenvalue weighted by atomic mass is 14.7. The van der Waals surface area contributed by atoms with Crippen molar-refractivity contribution in [1.29, 1.82) is 0 Å². The number of pyridine rings is 1. The SMILES string of the molecule is Cc1cccc(C)c1-c1ccnc(-c2ccc3c(c2)C(C)(C)c2ccccc2-3)c1. The van der Waals surface area contributed by atoms with Crippen LogP contribution >= 0.6 is 0 Å². The predicted octanol–water partition coefficient (Wildman–Crippen LogP) is 7.34. The van der Waals surface area contributed by atoms with Gasteiger partial charge < -0.3 is 0 Å². The Hall–Kier alpha value is -3.19. The van der Waals surface area contributed by atoms with E-state index in [2.05, 4.69) is 100 Å². The maximum atomic E-state index is 4.72. The number of rotatable bonds is 2. The van der Waals surface area contributed by atoms with Gasteiger partial charge in [-0.05, 0) is 76.6 Å². The molecule has 0 fully saturated rings. The van der Waals surface area contributed by atoms with E-state index in [4.69, 9.17) is 4.98 Å². The first-order valence-electron chi connectivity index (χ1n) is 10.2. The van der Waals surface area contributed by atoms with Crippen molar-refractivity contribution in [2.75, 3.05) is 0 Å². The number of hydrogen-bond donors (Lipinski definition) is 0. The van der Waals surface area contributed by atoms with E-state index in [-0.39, 0.29) is 5.41 Å². The van der Waals surface area contributed by atoms with Crippen LogP contribution in [0.3, 0.4) is 0 Å². The van der Waals surface area contributed by atoms with E-state index in [1.807, 2.05) is 6.20 Å². The molecule has 0 aliphatic heterocycles. The Balaban J connectivity index is 1.64. The van der Waals surface area contributed by atoms with Gasteiger partial charge in [0.2, 0.25) is 0 Å². The molecule has 5 rings (SSSR count). The van der Waals surface area contributed by atoms with Gasteiger partial charge in [-0.3, -0.25) is 4.98 Å². The predicted molar refractivity (Wildman–Crippen MR) is 122 cm³/mol. The van der Waals surface area contributed by atoms with Crippen LogP contribution in [-0.2, 0) is 5.41 Å². The van der Waals surface area contributed by atoms with Crippen LogP contribution in [0.25, 0.3) is 33.5 Å². The zero-order valence-corrected chi connectivity index (χ0v) is 17.5. The van der Waals surface area contributed by atoms with Crippen molar-refractivity contribution in [1.82, 2.24) is 4.98 Å². The molecule has 0 bridgehead atoms. The van der Waals surface area contributed by atoms with Crippen molar-refractivity contribution < 1.29 is 0 Å². The molecule has 4 aromatic rings. The van der Waals surface area contributed by atoms with Gasteiger partial charge in [-0.25, -0.2) is 0 Å². The third-order valence-corrected chi connectivity index (χ3v) is 6.41. The molecule has 0 amide bonds. The lowest BCUT2D eigenvalue weighted by Gasteiger charge is -2.22. The first-order chi connectivity index (χ1) is 14.0. The van der Waals surface area contributed by atoms with E-state index < -0.39 is 0 Å². The van der Waals surface area contributed by atoms with E-state index in [0.29, 0.717) is 0 Å². The quantitative estimate of drug-likeness (QED) is 0.357. The lowest BCUT2D eigenvalue weighted by molar-refractivity contribution is 0.660. The molecule has 142 valence electrons. The van der Waals surface area contributed by atoms with E-state index >= 15 is 0 Å². The Morgan fingerprint density at radius 3 is 2.17 bits per heavy atom. The van der Waals surface area contributed by atoms with Crippen LogP contribution in [0, 0.1) is 13.8 Å². The Kier molecular flexibility index (Phi) is 3.96. The molecule has 0 N–H and O–H groups in total. The largest absolute Gasteiger partial charge is 0.256 e. The summed E-state index contributed by atoms with van der Waals surface area (Å²) in [4.78, 5) is 4.72. The molecule has 1 nitrogen and oxygen atoms in total. The summed E-state index contributed by atoms with van der Waals surface area (Å²) in [6, 6.07) is 26.4. The maximum absolute atomic E-state index is 4.72. The van der Waals surface area contributed by atoms with E-state index in [1.165, 1.54) is 50.1 Å². The Morgan fingerprint density at radius 2 is 1.38 bits per heavy atom. The van der Waals surface area contributed by atoms with Crippen LogP contribution in [0.1, 0.15) is 36.1 Å². The lowest BCUT2D eigenvalue weighted by Crippen LogP contribution is -2.14. The molecule has 0 unspecified atom stereocenters. The molecule has 0 saturated carbocycles. The number of aromatic nitrogens is 1. The molecular formula is C28H25N. The average molecular weight is 376 g/mol. The van der Waals surface area contributed by atoms with E-state index in [0.717, 1.165) is 5.69 Å². The minimum absolute atomic E-state index is 0.00610. The third-order valence-electron chi connectivity index (χ3n) is 6.41. The third kappa shape index (κ3) is 2.73. The molecule has 29 heavy (non-hydrogen) atoms. The summed E-state index contributed by atoms with van der Waals surface area (Å²) in [7, 11) is 0. The fraction of sp³-hybridized carbons (Fsp3) is 0.179. The summed E-state index contributed by atoms with van der Waals surface area (Å²) < 4.78 is 0. The Labute approximate surface area is 173 Å². The Bertz CT molecular complexity index is 1230. The second-order valence-electron chi connectivity index (χ2n) is 8.63. The smallest absolute Gasteiger partial charge is 0.0708 e. The summed E-state index contributed by atoms with van der Waals surface area (Å²) >= 11 is 0. The van der Waals surface area contributed by atoms with Gasteiger partial charge in [-0.15, -0.1) is 0 Å². The second kappa shape index (κ2) is 6.42. The minimum atomic E-state index is 0.00610. The van der Waals surface area contributed by atoms with Crippen LogP contribution < -0.4 is 0 Å². The first-order valence-corrected chi connectivity index (χ1v) is 10.2. The molecule has 0 saturated heterocycles. The zero-order valence-electron chi connectivity index (χ0n) is 17.5. The first kappa shape index (κ1) is 17.9. The molecule has 1 heteroatoms. The molecule has 1 aromatic heterocycles. The van der Waals surface area contributed by atoms with Gasteiger partial charge in [-0.2, -0.15) is 0 Å². The fourth-order valence-corrected chi connectivity index (χ4v) is 4.88. The lowest BCUT2D eigenvalue weighted by atomic mass is 9.82. The number of nitrogens with zero attached hydrogens (tertiary/aromatic N) is 1. The van der Waals surface area contributed by atoms with Crippen molar-refractivity contribution in [2.24, 2.45) is 0 Å². The number of benzene rings is 3. The molecule has 0 spiro atoms. The van der Waals surface area contributed by atoms with Gasteiger partial charge in [0, 0.05) is 17.2 Å². The van der Waals surface area contributed by atoms with Crippen LogP contribution in [-0.4, -0.2) is 4.98 Å². The number of aryl methyl sites for hydroxylation is 2. The van der Waals surface area contributed by atoms with Crippen LogP contribution in [0.15, 0.2) is 79.0 Å². The van der Waals surface area contributed by atoms with Crippen molar-refractivity contribution >= 4 is 0 Å². The highest BCUT2D eigenvalue weighted by Gasteiger charge is 2.35. The van der Waals surface area contributed by atoms with Gasteiger partial charge in [0.1, 0.15) is 0 Å². The molecule has 1 aliphatic carbocycles. The van der Waals surface area contributed by atoms with Gasteiger partial charge in [-0.1, -0.05) is 68.4 Å². The highest BCUT2D eigenvalue weighted by Crippen LogP contribution is 2.49. The van der Waals surface area contributed by atoms with Crippen molar-refractivity contribution in [2.45, 2.75) is 33.1 Å². The van der Waals surface area contributed by atoms with Gasteiger partial charge >= 0.3 is 0 Å². The van der Waals surface area contributed by atoms with Gasteiger partial charge in [0.15, 0.2) is 0 Å². The van der Waals surface area contributed by atoms with Crippen molar-refractivity contribution in [3.63, 3.8) is 0 Å². The van der Waals surface area contributed by atoms with Crippen LogP contribution in [0.4, 0.5) is 0 Å². The fourth-order valence-electron chi connectivity index (χ4n) is 4.88. The standard InChI is InChI=1S/C28H25N/c1-18-8-7-9-19(2)27(18)21-14-15-29-26(17-21)20-12-13-23-22-10-5-6-11-24(22)28(3,4)25(23)16-20/h5-17H,1-4H3. The summed E-state index contributed by atoms with van der Waals surface area (Å²) in [5, 5.41) is 0. The number of fused-ring (bicyclic) bond motifs is 3. The summed E-state index contributed by atoms with van der Waals surface area (Å²) in [5.74, 6) is 0. The highest BCUT2D eigenvalue weighted by molar-refractivity contribution is 5.83. The second-order valence-corrected chi connectivity index (χ2v) is 8.63. The minimum Gasteiger partial charge on any atom is -0.256 e. The molecule has 0 atom stereocenters. The van der Waals surface area contributed by atoms with E-state index in [9.17, 15) is 0 Å². The summed E-state index contributed by atoms with van der Waals surface area (Å²) in [6.07, 6.45) is 1.93. The van der Waals surface area contributed by atoms with Crippen molar-refractivity contribution in [3.8, 4) is 33.5 Å². The maximum Gasteiger partial charge on any atom is 0.0708 e. The average Bonchev–Trinajstić information content (AvgIpc) is 2.95. The van der Waals surface area contributed by atoms with E-state index in [1.54, 1.807) is 0 Å². The normalized spacial score (nSPS) is 13.8. The summed E-state index contributed by atoms with van der Waals surface area (Å²) in [6.45, 7) is 9.00. The van der Waals surface area contributed by atoms with Crippen molar-refractivity contribution in [3.05, 3.63) is 101 Å². The molecule has 1 aliphatic rings. The zero-order chi connectivity index (χ0) is 20.2. The van der Waals surface area contributed by atoms with Gasteiger partial charge in [0.25, 0.3) is 0 Å². The molecule has 0 radical (unpaired) electrons. The number of hydrogen-bond acceptors (Lipinski definition) is 1. The topological polar surface area (TPSA) is 12.9 Å². The van der Waals surface area contributed by atoms with Crippen LogP contribution in [0.5, 0.6) is 0 Å². The monoisotopic (exact) mass is 375 g/mol. The molecular weight excluding hydrogens is 350 g/mol. The summed E-state index contributed by atoms with van der Waals surface area (Å²) in [5.41, 5.74) is 12.8. The van der Waals surface area contributed by atoms with Gasteiger partial charge in [0.05, 0.1) is 5.69 Å².